The maximum absolute atomic E-state index is 12.2. The van der Waals surface area contributed by atoms with Crippen molar-refractivity contribution < 1.29 is 14.3 Å². The highest BCUT2D eigenvalue weighted by Gasteiger charge is 2.54. The number of halogens is 2. The molecule has 4 atom stereocenters. The van der Waals surface area contributed by atoms with E-state index >= 15 is 0 Å². The van der Waals surface area contributed by atoms with Crippen LogP contribution in [0.3, 0.4) is 0 Å². The quantitative estimate of drug-likeness (QED) is 0.574. The lowest BCUT2D eigenvalue weighted by molar-refractivity contribution is -0.141. The SMILES string of the molecule is O=C1C(Br)[C@@H]2C=C[C@@](COCc3ccccc3)(O2)C1Br. The molecule has 1 aromatic rings. The second kappa shape index (κ2) is 5.72. The van der Waals surface area contributed by atoms with Crippen molar-refractivity contribution in [2.75, 3.05) is 6.61 Å². The molecule has 3 rings (SSSR count). The first-order chi connectivity index (χ1) is 9.62. The molecule has 0 N–H and O–H groups in total. The highest BCUT2D eigenvalue weighted by molar-refractivity contribution is 9.10. The van der Waals surface area contributed by atoms with E-state index in [2.05, 4.69) is 31.9 Å². The monoisotopic (exact) mass is 400 g/mol. The van der Waals surface area contributed by atoms with E-state index in [4.69, 9.17) is 9.47 Å². The normalized spacial score (nSPS) is 35.5. The Morgan fingerprint density at radius 2 is 2.00 bits per heavy atom. The van der Waals surface area contributed by atoms with Crippen LogP contribution in [0.4, 0.5) is 0 Å². The summed E-state index contributed by atoms with van der Waals surface area (Å²) in [5.41, 5.74) is 0.426. The molecule has 1 aromatic carbocycles. The number of ether oxygens (including phenoxy) is 2. The maximum atomic E-state index is 12.2. The number of benzene rings is 1. The molecule has 3 nitrogen and oxygen atoms in total. The number of Topliss-reactive ketones (excluding diaryl/α,β-unsaturated/α-hetero) is 1. The molecule has 5 heteroatoms. The van der Waals surface area contributed by atoms with Gasteiger partial charge in [0.05, 0.1) is 19.3 Å². The average Bonchev–Trinajstić information content (AvgIpc) is 2.88. The molecule has 0 amide bonds. The van der Waals surface area contributed by atoms with Crippen molar-refractivity contribution in [2.45, 2.75) is 28.0 Å². The average molecular weight is 402 g/mol. The Balaban J connectivity index is 1.65. The van der Waals surface area contributed by atoms with Gasteiger partial charge in [0.2, 0.25) is 0 Å². The number of fused-ring (bicyclic) bond motifs is 2. The largest absolute Gasteiger partial charge is 0.373 e. The van der Waals surface area contributed by atoms with Crippen LogP contribution in [0, 0.1) is 0 Å². The van der Waals surface area contributed by atoms with Gasteiger partial charge in [-0.2, -0.15) is 0 Å². The number of rotatable bonds is 4. The van der Waals surface area contributed by atoms with Gasteiger partial charge in [0.1, 0.15) is 15.3 Å². The summed E-state index contributed by atoms with van der Waals surface area (Å²) in [4.78, 5) is 11.5. The minimum atomic E-state index is -0.680. The number of hydrogen-bond donors (Lipinski definition) is 0. The lowest BCUT2D eigenvalue weighted by Gasteiger charge is -2.38. The van der Waals surface area contributed by atoms with Crippen LogP contribution in [-0.2, 0) is 20.9 Å². The Hall–Kier alpha value is -0.490. The molecule has 0 aliphatic carbocycles. The topological polar surface area (TPSA) is 35.5 Å². The fourth-order valence-electron chi connectivity index (χ4n) is 2.49. The van der Waals surface area contributed by atoms with Crippen LogP contribution in [0.25, 0.3) is 0 Å². The molecule has 1 fully saturated rings. The summed E-state index contributed by atoms with van der Waals surface area (Å²) in [7, 11) is 0. The van der Waals surface area contributed by atoms with Gasteiger partial charge in [-0.25, -0.2) is 0 Å². The van der Waals surface area contributed by atoms with E-state index in [-0.39, 0.29) is 21.5 Å². The molecule has 2 heterocycles. The zero-order chi connectivity index (χ0) is 14.2. The lowest BCUT2D eigenvalue weighted by Crippen LogP contribution is -2.55. The molecule has 0 aromatic heterocycles. The smallest absolute Gasteiger partial charge is 0.166 e. The van der Waals surface area contributed by atoms with Crippen molar-refractivity contribution in [1.29, 1.82) is 0 Å². The van der Waals surface area contributed by atoms with Gasteiger partial charge >= 0.3 is 0 Å². The Bertz CT molecular complexity index is 531. The molecule has 2 unspecified atom stereocenters. The van der Waals surface area contributed by atoms with Gasteiger partial charge in [-0.1, -0.05) is 74.3 Å². The van der Waals surface area contributed by atoms with Crippen molar-refractivity contribution in [2.24, 2.45) is 0 Å². The third kappa shape index (κ3) is 2.52. The van der Waals surface area contributed by atoms with Gasteiger partial charge in [0, 0.05) is 0 Å². The second-order valence-electron chi connectivity index (χ2n) is 5.04. The van der Waals surface area contributed by atoms with Gasteiger partial charge in [-0.3, -0.25) is 4.79 Å². The van der Waals surface area contributed by atoms with Crippen molar-refractivity contribution >= 4 is 37.6 Å². The fraction of sp³-hybridized carbons (Fsp3) is 0.400. The Labute approximate surface area is 134 Å². The molecular weight excluding hydrogens is 388 g/mol. The highest BCUT2D eigenvalue weighted by Crippen LogP contribution is 2.41. The third-order valence-corrected chi connectivity index (χ3v) is 5.80. The summed E-state index contributed by atoms with van der Waals surface area (Å²) >= 11 is 6.83. The van der Waals surface area contributed by atoms with E-state index in [0.29, 0.717) is 13.2 Å². The van der Waals surface area contributed by atoms with E-state index in [1.54, 1.807) is 0 Å². The van der Waals surface area contributed by atoms with Crippen molar-refractivity contribution in [3.8, 4) is 0 Å². The van der Waals surface area contributed by atoms with Crippen LogP contribution in [-0.4, -0.2) is 33.7 Å². The molecule has 0 radical (unpaired) electrons. The summed E-state index contributed by atoms with van der Waals surface area (Å²) < 4.78 is 11.7. The first-order valence-electron chi connectivity index (χ1n) is 6.43. The third-order valence-electron chi connectivity index (χ3n) is 3.60. The molecule has 0 saturated carbocycles. The van der Waals surface area contributed by atoms with Crippen LogP contribution in [0.2, 0.25) is 0 Å². The second-order valence-corrected chi connectivity index (χ2v) is 6.94. The molecule has 2 bridgehead atoms. The van der Waals surface area contributed by atoms with Crippen LogP contribution in [0.15, 0.2) is 42.5 Å². The van der Waals surface area contributed by atoms with Crippen LogP contribution in [0.1, 0.15) is 5.56 Å². The van der Waals surface area contributed by atoms with Crippen molar-refractivity contribution in [3.63, 3.8) is 0 Å². The van der Waals surface area contributed by atoms with E-state index in [1.165, 1.54) is 0 Å². The van der Waals surface area contributed by atoms with Gasteiger partial charge < -0.3 is 9.47 Å². The van der Waals surface area contributed by atoms with Gasteiger partial charge in [-0.15, -0.1) is 0 Å². The number of hydrogen-bond acceptors (Lipinski definition) is 3. The minimum absolute atomic E-state index is 0.106. The Morgan fingerprint density at radius 1 is 1.25 bits per heavy atom. The molecule has 106 valence electrons. The minimum Gasteiger partial charge on any atom is -0.373 e. The standard InChI is InChI=1S/C15H14Br2O3/c16-12-11-6-7-15(20-11,14(17)13(12)18)9-19-8-10-4-2-1-3-5-10/h1-7,11-12,14H,8-9H2/t11-,12?,14?,15-/m0/s1. The molecule has 2 aliphatic heterocycles. The van der Waals surface area contributed by atoms with Crippen molar-refractivity contribution in [3.05, 3.63) is 48.0 Å². The van der Waals surface area contributed by atoms with Crippen LogP contribution in [0.5, 0.6) is 0 Å². The van der Waals surface area contributed by atoms with E-state index in [1.807, 2.05) is 42.5 Å². The van der Waals surface area contributed by atoms with E-state index in [0.717, 1.165) is 5.56 Å². The number of ketones is 1. The van der Waals surface area contributed by atoms with E-state index in [9.17, 15) is 4.79 Å². The summed E-state index contributed by atoms with van der Waals surface area (Å²) in [6.45, 7) is 0.867. The number of carbonyl (C=O) groups is 1. The predicted octanol–water partition coefficient (Wildman–Crippen LogP) is 3.01. The number of alkyl halides is 2. The van der Waals surface area contributed by atoms with Crippen LogP contribution >= 0.6 is 31.9 Å². The molecular formula is C15H14Br2O3. The van der Waals surface area contributed by atoms with Gasteiger partial charge in [0.25, 0.3) is 0 Å². The maximum Gasteiger partial charge on any atom is 0.166 e. The molecule has 0 spiro atoms. The summed E-state index contributed by atoms with van der Waals surface area (Å²) in [5, 5.41) is 0. The summed E-state index contributed by atoms with van der Waals surface area (Å²) in [6.07, 6.45) is 3.68. The highest BCUT2D eigenvalue weighted by atomic mass is 79.9. The van der Waals surface area contributed by atoms with Crippen LogP contribution < -0.4 is 0 Å². The number of carbonyl (C=O) groups excluding carboxylic acids is 1. The first-order valence-corrected chi connectivity index (χ1v) is 8.26. The summed E-state index contributed by atoms with van der Waals surface area (Å²) in [5.74, 6) is 0.106. The lowest BCUT2D eigenvalue weighted by atomic mass is 9.95. The zero-order valence-electron chi connectivity index (χ0n) is 10.7. The van der Waals surface area contributed by atoms with E-state index < -0.39 is 5.60 Å². The molecule has 2 aliphatic rings. The fourth-order valence-corrected chi connectivity index (χ4v) is 4.07. The molecule has 20 heavy (non-hydrogen) atoms. The van der Waals surface area contributed by atoms with Gasteiger partial charge in [0.15, 0.2) is 5.78 Å². The first kappa shape index (κ1) is 14.4. The predicted molar refractivity (Wildman–Crippen MR) is 83.3 cm³/mol. The Morgan fingerprint density at radius 3 is 2.75 bits per heavy atom. The summed E-state index contributed by atoms with van der Waals surface area (Å²) in [6, 6.07) is 9.95. The zero-order valence-corrected chi connectivity index (χ0v) is 13.8. The van der Waals surface area contributed by atoms with Gasteiger partial charge in [-0.05, 0) is 5.56 Å². The Kier molecular flexibility index (Phi) is 4.13. The molecule has 1 saturated heterocycles. The van der Waals surface area contributed by atoms with Crippen molar-refractivity contribution in [1.82, 2.24) is 0 Å².